The number of ether oxygens (including phenoxy) is 1. The highest BCUT2D eigenvalue weighted by Crippen LogP contribution is 2.39. The molecular weight excluding hydrogens is 258 g/mol. The van der Waals surface area contributed by atoms with E-state index in [0.717, 1.165) is 5.56 Å². The Morgan fingerprint density at radius 1 is 1.10 bits per heavy atom. The number of carbonyl (C=O) groups is 2. The molecule has 2 aliphatic rings. The first-order valence-electron chi connectivity index (χ1n) is 6.50. The second kappa shape index (κ2) is 4.76. The van der Waals surface area contributed by atoms with Gasteiger partial charge in [-0.3, -0.25) is 9.59 Å². The van der Waals surface area contributed by atoms with Gasteiger partial charge in [0.2, 0.25) is 5.91 Å². The maximum atomic E-state index is 12.3. The molecule has 5 heteroatoms. The first-order valence-corrected chi connectivity index (χ1v) is 6.50. The molecule has 1 saturated heterocycles. The number of hydrogen-bond donors (Lipinski definition) is 2. The third-order valence-electron chi connectivity index (χ3n) is 3.81. The van der Waals surface area contributed by atoms with Crippen molar-refractivity contribution in [3.8, 4) is 0 Å². The van der Waals surface area contributed by atoms with Crippen LogP contribution >= 0.6 is 0 Å². The van der Waals surface area contributed by atoms with Gasteiger partial charge >= 0.3 is 5.97 Å². The minimum Gasteiger partial charge on any atom is -0.481 e. The van der Waals surface area contributed by atoms with Crippen LogP contribution in [-0.4, -0.2) is 29.2 Å². The number of amides is 1. The van der Waals surface area contributed by atoms with Crippen molar-refractivity contribution in [2.75, 3.05) is 5.32 Å². The smallest absolute Gasteiger partial charge is 0.310 e. The SMILES string of the molecule is Cc1ccc(NC(=O)[C@H]2[C@H](C(=O)O)[C@H]3C=C[C@H]2O3)cc1. The summed E-state index contributed by atoms with van der Waals surface area (Å²) in [7, 11) is 0. The van der Waals surface area contributed by atoms with E-state index in [9.17, 15) is 14.7 Å². The summed E-state index contributed by atoms with van der Waals surface area (Å²) < 4.78 is 5.48. The summed E-state index contributed by atoms with van der Waals surface area (Å²) in [5.41, 5.74) is 1.76. The van der Waals surface area contributed by atoms with Gasteiger partial charge in [-0.1, -0.05) is 29.8 Å². The number of aliphatic carboxylic acids is 1. The molecule has 20 heavy (non-hydrogen) atoms. The van der Waals surface area contributed by atoms with Crippen molar-refractivity contribution in [1.29, 1.82) is 0 Å². The standard InChI is InChI=1S/C15H15NO4/c1-8-2-4-9(5-3-8)16-14(17)12-10-6-7-11(20-10)13(12)15(18)19/h2-7,10-13H,1H3,(H,16,17)(H,18,19)/t10-,11-,12-,13-/m1/s1. The van der Waals surface area contributed by atoms with E-state index in [1.165, 1.54) is 0 Å². The van der Waals surface area contributed by atoms with Crippen LogP contribution < -0.4 is 5.32 Å². The van der Waals surface area contributed by atoms with Gasteiger partial charge in [-0.25, -0.2) is 0 Å². The van der Waals surface area contributed by atoms with Gasteiger partial charge in [-0.05, 0) is 19.1 Å². The number of carbonyl (C=O) groups excluding carboxylic acids is 1. The van der Waals surface area contributed by atoms with Crippen LogP contribution in [0.25, 0.3) is 0 Å². The van der Waals surface area contributed by atoms with Crippen LogP contribution in [0.2, 0.25) is 0 Å². The summed E-state index contributed by atoms with van der Waals surface area (Å²) in [6, 6.07) is 7.38. The van der Waals surface area contributed by atoms with E-state index in [1.807, 2.05) is 19.1 Å². The van der Waals surface area contributed by atoms with Crippen molar-refractivity contribution in [2.45, 2.75) is 19.1 Å². The number of rotatable bonds is 3. The van der Waals surface area contributed by atoms with E-state index in [0.29, 0.717) is 5.69 Å². The van der Waals surface area contributed by atoms with E-state index in [4.69, 9.17) is 4.74 Å². The number of aryl methyl sites for hydroxylation is 1. The van der Waals surface area contributed by atoms with Gasteiger partial charge in [0.1, 0.15) is 5.92 Å². The topological polar surface area (TPSA) is 75.6 Å². The molecule has 2 heterocycles. The molecule has 2 aliphatic heterocycles. The first-order chi connectivity index (χ1) is 9.56. The number of hydrogen-bond acceptors (Lipinski definition) is 3. The maximum Gasteiger partial charge on any atom is 0.310 e. The molecule has 2 N–H and O–H groups in total. The average Bonchev–Trinajstić information content (AvgIpc) is 3.01. The van der Waals surface area contributed by atoms with Crippen LogP contribution in [0.3, 0.4) is 0 Å². The third kappa shape index (κ3) is 2.10. The maximum absolute atomic E-state index is 12.3. The minimum absolute atomic E-state index is 0.307. The number of carboxylic acid groups (broad SMARTS) is 1. The Morgan fingerprint density at radius 3 is 2.30 bits per heavy atom. The molecule has 3 rings (SSSR count). The Morgan fingerprint density at radius 2 is 1.70 bits per heavy atom. The van der Waals surface area contributed by atoms with Gasteiger partial charge in [0.05, 0.1) is 18.1 Å². The molecule has 0 aliphatic carbocycles. The molecular formula is C15H15NO4. The van der Waals surface area contributed by atoms with E-state index >= 15 is 0 Å². The molecule has 1 aromatic carbocycles. The lowest BCUT2D eigenvalue weighted by Crippen LogP contribution is -2.39. The normalized spacial score (nSPS) is 30.4. The Bertz CT molecular complexity index is 578. The number of benzene rings is 1. The quantitative estimate of drug-likeness (QED) is 0.820. The summed E-state index contributed by atoms with van der Waals surface area (Å²) in [5.74, 6) is -2.79. The minimum atomic E-state index is -0.995. The Hall–Kier alpha value is -2.14. The highest BCUT2D eigenvalue weighted by atomic mass is 16.5. The highest BCUT2D eigenvalue weighted by Gasteiger charge is 2.53. The zero-order valence-corrected chi connectivity index (χ0v) is 10.9. The fraction of sp³-hybridized carbons (Fsp3) is 0.333. The summed E-state index contributed by atoms with van der Waals surface area (Å²) in [6.07, 6.45) is 2.56. The molecule has 0 aromatic heterocycles. The molecule has 0 radical (unpaired) electrons. The molecule has 4 atom stereocenters. The predicted molar refractivity (Wildman–Crippen MR) is 72.2 cm³/mol. The molecule has 0 unspecified atom stereocenters. The van der Waals surface area contributed by atoms with Gasteiger partial charge in [-0.2, -0.15) is 0 Å². The molecule has 0 spiro atoms. The summed E-state index contributed by atoms with van der Waals surface area (Å²) >= 11 is 0. The fourth-order valence-electron chi connectivity index (χ4n) is 2.78. The monoisotopic (exact) mass is 273 g/mol. The number of anilines is 1. The molecule has 1 amide bonds. The van der Waals surface area contributed by atoms with E-state index in [1.54, 1.807) is 24.3 Å². The molecule has 104 valence electrons. The van der Waals surface area contributed by atoms with Gasteiger partial charge in [0, 0.05) is 5.69 Å². The Kier molecular flexibility index (Phi) is 3.06. The van der Waals surface area contributed by atoms with Crippen LogP contribution in [0.4, 0.5) is 5.69 Å². The lowest BCUT2D eigenvalue weighted by Gasteiger charge is -2.21. The van der Waals surface area contributed by atoms with Crippen molar-refractivity contribution in [1.82, 2.24) is 0 Å². The van der Waals surface area contributed by atoms with Crippen LogP contribution in [0.5, 0.6) is 0 Å². The summed E-state index contributed by atoms with van der Waals surface area (Å²) in [4.78, 5) is 23.6. The average molecular weight is 273 g/mol. The van der Waals surface area contributed by atoms with E-state index in [-0.39, 0.29) is 5.91 Å². The van der Waals surface area contributed by atoms with Gasteiger partial charge < -0.3 is 15.2 Å². The fourth-order valence-corrected chi connectivity index (χ4v) is 2.78. The lowest BCUT2D eigenvalue weighted by molar-refractivity contribution is -0.145. The van der Waals surface area contributed by atoms with Crippen LogP contribution in [0.15, 0.2) is 36.4 Å². The van der Waals surface area contributed by atoms with Crippen molar-refractivity contribution >= 4 is 17.6 Å². The zero-order chi connectivity index (χ0) is 14.3. The van der Waals surface area contributed by atoms with E-state index in [2.05, 4.69) is 5.32 Å². The largest absolute Gasteiger partial charge is 0.481 e. The van der Waals surface area contributed by atoms with Crippen molar-refractivity contribution in [3.63, 3.8) is 0 Å². The number of carboxylic acids is 1. The first kappa shape index (κ1) is 12.9. The predicted octanol–water partition coefficient (Wildman–Crippen LogP) is 1.59. The molecule has 1 fully saturated rings. The zero-order valence-electron chi connectivity index (χ0n) is 10.9. The van der Waals surface area contributed by atoms with Crippen LogP contribution in [0, 0.1) is 18.8 Å². The third-order valence-corrected chi connectivity index (χ3v) is 3.81. The highest BCUT2D eigenvalue weighted by molar-refractivity contribution is 5.96. The molecule has 5 nitrogen and oxygen atoms in total. The van der Waals surface area contributed by atoms with Gasteiger partial charge in [0.15, 0.2) is 0 Å². The van der Waals surface area contributed by atoms with E-state index < -0.39 is 30.0 Å². The summed E-state index contributed by atoms with van der Waals surface area (Å²) in [6.45, 7) is 1.96. The summed E-state index contributed by atoms with van der Waals surface area (Å²) in [5, 5.41) is 12.0. The Labute approximate surface area is 116 Å². The van der Waals surface area contributed by atoms with Crippen molar-refractivity contribution in [2.24, 2.45) is 11.8 Å². The second-order valence-corrected chi connectivity index (χ2v) is 5.20. The number of nitrogens with one attached hydrogen (secondary N) is 1. The van der Waals surface area contributed by atoms with Crippen LogP contribution in [-0.2, 0) is 14.3 Å². The van der Waals surface area contributed by atoms with Crippen molar-refractivity contribution < 1.29 is 19.4 Å². The second-order valence-electron chi connectivity index (χ2n) is 5.20. The number of fused-ring (bicyclic) bond motifs is 2. The Balaban J connectivity index is 1.78. The van der Waals surface area contributed by atoms with Crippen LogP contribution in [0.1, 0.15) is 5.56 Å². The van der Waals surface area contributed by atoms with Gasteiger partial charge in [-0.15, -0.1) is 0 Å². The molecule has 2 bridgehead atoms. The lowest BCUT2D eigenvalue weighted by atomic mass is 9.82. The molecule has 1 aromatic rings. The molecule has 0 saturated carbocycles. The van der Waals surface area contributed by atoms with Crippen molar-refractivity contribution in [3.05, 3.63) is 42.0 Å². The van der Waals surface area contributed by atoms with Gasteiger partial charge in [0.25, 0.3) is 0 Å².